The van der Waals surface area contributed by atoms with Crippen molar-refractivity contribution in [1.29, 1.82) is 0 Å². The first kappa shape index (κ1) is 16.2. The molecular formula is C18H21BrFN. The highest BCUT2D eigenvalue weighted by atomic mass is 79.9. The normalized spacial score (nSPS) is 12.4. The molecule has 112 valence electrons. The van der Waals surface area contributed by atoms with Crippen molar-refractivity contribution in [2.24, 2.45) is 0 Å². The van der Waals surface area contributed by atoms with Crippen LogP contribution in [0.1, 0.15) is 41.6 Å². The predicted molar refractivity (Wildman–Crippen MR) is 90.2 cm³/mol. The standard InChI is InChI=1S/C18H21BrFN/c1-4-9-21-18(15-7-5-6-8-16(15)20)14-10-12(2)17(19)13(3)11-14/h5-8,10-11,18,21H,4,9H2,1-3H3. The van der Waals surface area contributed by atoms with E-state index in [0.29, 0.717) is 5.56 Å². The van der Waals surface area contributed by atoms with Gasteiger partial charge in [0.25, 0.3) is 0 Å². The summed E-state index contributed by atoms with van der Waals surface area (Å²) in [6, 6.07) is 11.1. The minimum absolute atomic E-state index is 0.114. The van der Waals surface area contributed by atoms with Crippen molar-refractivity contribution in [2.75, 3.05) is 6.54 Å². The van der Waals surface area contributed by atoms with Gasteiger partial charge in [-0.3, -0.25) is 0 Å². The van der Waals surface area contributed by atoms with Gasteiger partial charge in [-0.25, -0.2) is 4.39 Å². The molecule has 2 aromatic rings. The molecule has 0 aromatic heterocycles. The second-order valence-electron chi connectivity index (χ2n) is 5.38. The molecule has 2 aromatic carbocycles. The van der Waals surface area contributed by atoms with Crippen LogP contribution in [0.25, 0.3) is 0 Å². The number of hydrogen-bond acceptors (Lipinski definition) is 1. The lowest BCUT2D eigenvalue weighted by atomic mass is 9.95. The SMILES string of the molecule is CCCNC(c1cc(C)c(Br)c(C)c1)c1ccccc1F. The van der Waals surface area contributed by atoms with Gasteiger partial charge in [0.1, 0.15) is 5.82 Å². The molecule has 0 heterocycles. The zero-order chi connectivity index (χ0) is 15.4. The van der Waals surface area contributed by atoms with E-state index in [2.05, 4.69) is 54.2 Å². The second-order valence-corrected chi connectivity index (χ2v) is 6.17. The molecule has 0 fully saturated rings. The summed E-state index contributed by atoms with van der Waals surface area (Å²) >= 11 is 3.59. The largest absolute Gasteiger partial charge is 0.306 e. The molecule has 0 spiro atoms. The van der Waals surface area contributed by atoms with Gasteiger partial charge in [0.2, 0.25) is 0 Å². The lowest BCUT2D eigenvalue weighted by Gasteiger charge is -2.22. The summed E-state index contributed by atoms with van der Waals surface area (Å²) in [5.74, 6) is -0.163. The van der Waals surface area contributed by atoms with Gasteiger partial charge in [-0.2, -0.15) is 0 Å². The van der Waals surface area contributed by atoms with Crippen molar-refractivity contribution >= 4 is 15.9 Å². The molecule has 0 bridgehead atoms. The maximum atomic E-state index is 14.2. The zero-order valence-corrected chi connectivity index (χ0v) is 14.3. The van der Waals surface area contributed by atoms with Crippen LogP contribution >= 0.6 is 15.9 Å². The summed E-state index contributed by atoms with van der Waals surface area (Å²) in [7, 11) is 0. The van der Waals surface area contributed by atoms with Crippen LogP contribution < -0.4 is 5.32 Å². The number of aryl methyl sites for hydroxylation is 2. The van der Waals surface area contributed by atoms with E-state index in [1.807, 2.05) is 12.1 Å². The summed E-state index contributed by atoms with van der Waals surface area (Å²) < 4.78 is 15.3. The Morgan fingerprint density at radius 1 is 1.14 bits per heavy atom. The van der Waals surface area contributed by atoms with Gasteiger partial charge in [0.15, 0.2) is 0 Å². The Balaban J connectivity index is 2.48. The molecular weight excluding hydrogens is 329 g/mol. The summed E-state index contributed by atoms with van der Waals surface area (Å²) in [4.78, 5) is 0. The average Bonchev–Trinajstić information content (AvgIpc) is 2.46. The van der Waals surface area contributed by atoms with Crippen molar-refractivity contribution in [3.63, 3.8) is 0 Å². The molecule has 0 saturated heterocycles. The molecule has 2 rings (SSSR count). The molecule has 3 heteroatoms. The first-order chi connectivity index (χ1) is 10.0. The number of rotatable bonds is 5. The Morgan fingerprint density at radius 3 is 2.33 bits per heavy atom. The van der Waals surface area contributed by atoms with Gasteiger partial charge >= 0.3 is 0 Å². The number of hydrogen-bond donors (Lipinski definition) is 1. The van der Waals surface area contributed by atoms with Crippen LogP contribution in [0.5, 0.6) is 0 Å². The van der Waals surface area contributed by atoms with Crippen LogP contribution in [0, 0.1) is 19.7 Å². The maximum absolute atomic E-state index is 14.2. The van der Waals surface area contributed by atoms with Crippen LogP contribution in [-0.2, 0) is 0 Å². The summed E-state index contributed by atoms with van der Waals surface area (Å²) in [5.41, 5.74) is 4.15. The Bertz CT molecular complexity index is 601. The molecule has 0 aliphatic carbocycles. The first-order valence-electron chi connectivity index (χ1n) is 7.29. The molecule has 21 heavy (non-hydrogen) atoms. The third kappa shape index (κ3) is 3.72. The van der Waals surface area contributed by atoms with Crippen LogP contribution in [0.4, 0.5) is 4.39 Å². The van der Waals surface area contributed by atoms with Gasteiger partial charge in [0, 0.05) is 10.0 Å². The molecule has 0 radical (unpaired) electrons. The molecule has 0 amide bonds. The smallest absolute Gasteiger partial charge is 0.128 e. The zero-order valence-electron chi connectivity index (χ0n) is 12.7. The van der Waals surface area contributed by atoms with E-state index >= 15 is 0 Å². The van der Waals surface area contributed by atoms with Crippen LogP contribution in [0.15, 0.2) is 40.9 Å². The molecule has 1 unspecified atom stereocenters. The predicted octanol–water partition coefficient (Wildman–Crippen LogP) is 5.29. The molecule has 0 aliphatic heterocycles. The van der Waals surface area contributed by atoms with Crippen molar-refractivity contribution in [2.45, 2.75) is 33.2 Å². The second kappa shape index (κ2) is 7.19. The molecule has 1 nitrogen and oxygen atoms in total. The van der Waals surface area contributed by atoms with E-state index in [1.54, 1.807) is 6.07 Å². The fourth-order valence-electron chi connectivity index (χ4n) is 2.55. The minimum Gasteiger partial charge on any atom is -0.306 e. The highest BCUT2D eigenvalue weighted by Gasteiger charge is 2.18. The lowest BCUT2D eigenvalue weighted by Crippen LogP contribution is -2.24. The highest BCUT2D eigenvalue weighted by molar-refractivity contribution is 9.10. The van der Waals surface area contributed by atoms with Crippen molar-refractivity contribution < 1.29 is 4.39 Å². The third-order valence-corrected chi connectivity index (χ3v) is 4.86. The first-order valence-corrected chi connectivity index (χ1v) is 8.08. The van der Waals surface area contributed by atoms with Crippen molar-refractivity contribution in [3.05, 3.63) is 68.9 Å². The van der Waals surface area contributed by atoms with E-state index < -0.39 is 0 Å². The lowest BCUT2D eigenvalue weighted by molar-refractivity contribution is 0.546. The van der Waals surface area contributed by atoms with E-state index in [9.17, 15) is 4.39 Å². The quantitative estimate of drug-likeness (QED) is 0.772. The van der Waals surface area contributed by atoms with Crippen LogP contribution in [0.2, 0.25) is 0 Å². The van der Waals surface area contributed by atoms with Crippen LogP contribution in [-0.4, -0.2) is 6.54 Å². The van der Waals surface area contributed by atoms with E-state index in [0.717, 1.165) is 23.0 Å². The van der Waals surface area contributed by atoms with Crippen molar-refractivity contribution in [3.8, 4) is 0 Å². The summed E-state index contributed by atoms with van der Waals surface area (Å²) in [6.45, 7) is 7.11. The highest BCUT2D eigenvalue weighted by Crippen LogP contribution is 2.30. The van der Waals surface area contributed by atoms with E-state index in [-0.39, 0.29) is 11.9 Å². The third-order valence-electron chi connectivity index (χ3n) is 3.61. The van der Waals surface area contributed by atoms with Gasteiger partial charge in [-0.1, -0.05) is 53.2 Å². The molecule has 0 saturated carbocycles. The fourth-order valence-corrected chi connectivity index (χ4v) is 2.78. The number of benzene rings is 2. The minimum atomic E-state index is -0.163. The van der Waals surface area contributed by atoms with Crippen molar-refractivity contribution in [1.82, 2.24) is 5.32 Å². The van der Waals surface area contributed by atoms with Gasteiger partial charge in [0.05, 0.1) is 6.04 Å². The monoisotopic (exact) mass is 349 g/mol. The average molecular weight is 350 g/mol. The molecule has 0 aliphatic rings. The Labute approximate surface area is 134 Å². The Kier molecular flexibility index (Phi) is 5.54. The summed E-state index contributed by atoms with van der Waals surface area (Å²) in [6.07, 6.45) is 1.01. The van der Waals surface area contributed by atoms with Gasteiger partial charge < -0.3 is 5.32 Å². The Hall–Kier alpha value is -1.19. The molecule has 1 N–H and O–H groups in total. The number of halogens is 2. The number of nitrogens with one attached hydrogen (secondary N) is 1. The van der Waals surface area contributed by atoms with E-state index in [1.165, 1.54) is 17.2 Å². The van der Waals surface area contributed by atoms with Crippen LogP contribution in [0.3, 0.4) is 0 Å². The topological polar surface area (TPSA) is 12.0 Å². The van der Waals surface area contributed by atoms with Gasteiger partial charge in [-0.15, -0.1) is 0 Å². The molecule has 1 atom stereocenters. The van der Waals surface area contributed by atoms with Gasteiger partial charge in [-0.05, 0) is 49.6 Å². The maximum Gasteiger partial charge on any atom is 0.128 e. The Morgan fingerprint density at radius 2 is 1.76 bits per heavy atom. The summed E-state index contributed by atoms with van der Waals surface area (Å²) in [5, 5.41) is 3.46. The fraction of sp³-hybridized carbons (Fsp3) is 0.333. The van der Waals surface area contributed by atoms with E-state index in [4.69, 9.17) is 0 Å².